The van der Waals surface area contributed by atoms with Gasteiger partial charge in [-0.2, -0.15) is 0 Å². The second-order valence-electron chi connectivity index (χ2n) is 7.11. The maximum Gasteiger partial charge on any atom is 0.223 e. The first-order chi connectivity index (χ1) is 9.49. The van der Waals surface area contributed by atoms with Crippen LogP contribution >= 0.6 is 0 Å². The minimum atomic E-state index is 0.268. The average molecular weight is 282 g/mol. The Bertz CT molecular complexity index is 268. The Morgan fingerprint density at radius 2 is 1.75 bits per heavy atom. The monoisotopic (exact) mass is 282 g/mol. The lowest BCUT2D eigenvalue weighted by molar-refractivity contribution is -0.126. The molecule has 1 rings (SSSR count). The van der Waals surface area contributed by atoms with Crippen molar-refractivity contribution in [3.05, 3.63) is 0 Å². The number of carbonyl (C=O) groups excluding carboxylic acids is 1. The second-order valence-corrected chi connectivity index (χ2v) is 7.11. The molecule has 0 aromatic carbocycles. The Labute approximate surface area is 125 Å². The molecule has 1 fully saturated rings. The van der Waals surface area contributed by atoms with E-state index in [0.717, 1.165) is 44.2 Å². The summed E-state index contributed by atoms with van der Waals surface area (Å²) in [5.74, 6) is 2.06. The van der Waals surface area contributed by atoms with Gasteiger partial charge in [-0.1, -0.05) is 27.7 Å². The predicted molar refractivity (Wildman–Crippen MR) is 85.7 cm³/mol. The van der Waals surface area contributed by atoms with Crippen LogP contribution in [-0.2, 0) is 4.79 Å². The highest BCUT2D eigenvalue weighted by Crippen LogP contribution is 2.28. The minimum absolute atomic E-state index is 0.268. The van der Waals surface area contributed by atoms with Crippen LogP contribution in [0, 0.1) is 17.8 Å². The van der Waals surface area contributed by atoms with Gasteiger partial charge in [0.1, 0.15) is 0 Å². The van der Waals surface area contributed by atoms with E-state index in [2.05, 4.69) is 38.3 Å². The van der Waals surface area contributed by atoms with Crippen LogP contribution in [0.15, 0.2) is 0 Å². The fourth-order valence-corrected chi connectivity index (χ4v) is 2.90. The summed E-state index contributed by atoms with van der Waals surface area (Å²) in [4.78, 5) is 12.1. The van der Waals surface area contributed by atoms with Gasteiger partial charge in [-0.3, -0.25) is 4.79 Å². The first kappa shape index (κ1) is 17.5. The molecule has 0 aromatic heterocycles. The van der Waals surface area contributed by atoms with Crippen molar-refractivity contribution in [2.24, 2.45) is 17.8 Å². The SMILES string of the molecule is CC(C)CCCNC(=O)[C@H]1CC[C@@H](CNC(C)C)CC1. The Hall–Kier alpha value is -0.570. The summed E-state index contributed by atoms with van der Waals surface area (Å²) in [6.07, 6.45) is 6.85. The van der Waals surface area contributed by atoms with Gasteiger partial charge in [0, 0.05) is 18.5 Å². The van der Waals surface area contributed by atoms with Crippen LogP contribution in [0.25, 0.3) is 0 Å². The molecule has 1 saturated carbocycles. The highest BCUT2D eigenvalue weighted by molar-refractivity contribution is 5.78. The zero-order valence-corrected chi connectivity index (χ0v) is 13.9. The van der Waals surface area contributed by atoms with Crippen molar-refractivity contribution >= 4 is 5.91 Å². The maximum atomic E-state index is 12.1. The lowest BCUT2D eigenvalue weighted by Crippen LogP contribution is -2.36. The molecule has 0 aliphatic heterocycles. The first-order valence-electron chi connectivity index (χ1n) is 8.50. The number of carbonyl (C=O) groups is 1. The molecule has 118 valence electrons. The van der Waals surface area contributed by atoms with Crippen molar-refractivity contribution < 1.29 is 4.79 Å². The number of hydrogen-bond donors (Lipinski definition) is 2. The zero-order chi connectivity index (χ0) is 15.0. The van der Waals surface area contributed by atoms with Crippen molar-refractivity contribution in [3.8, 4) is 0 Å². The molecule has 2 N–H and O–H groups in total. The van der Waals surface area contributed by atoms with Gasteiger partial charge in [-0.25, -0.2) is 0 Å². The molecule has 0 aromatic rings. The molecule has 0 saturated heterocycles. The Morgan fingerprint density at radius 3 is 2.30 bits per heavy atom. The van der Waals surface area contributed by atoms with Crippen molar-refractivity contribution in [3.63, 3.8) is 0 Å². The third-order valence-electron chi connectivity index (χ3n) is 4.29. The Balaban J connectivity index is 2.12. The van der Waals surface area contributed by atoms with Crippen LogP contribution < -0.4 is 10.6 Å². The molecule has 3 heteroatoms. The molecule has 0 unspecified atom stereocenters. The summed E-state index contributed by atoms with van der Waals surface area (Å²) in [6, 6.07) is 0.567. The molecule has 0 bridgehead atoms. The normalized spacial score (nSPS) is 23.3. The molecule has 0 spiro atoms. The highest BCUT2D eigenvalue weighted by atomic mass is 16.1. The Morgan fingerprint density at radius 1 is 1.10 bits per heavy atom. The van der Waals surface area contributed by atoms with E-state index in [1.165, 1.54) is 19.3 Å². The van der Waals surface area contributed by atoms with E-state index in [0.29, 0.717) is 11.9 Å². The van der Waals surface area contributed by atoms with E-state index >= 15 is 0 Å². The largest absolute Gasteiger partial charge is 0.356 e. The summed E-state index contributed by atoms with van der Waals surface area (Å²) in [5, 5.41) is 6.63. The third-order valence-corrected chi connectivity index (χ3v) is 4.29. The standard InChI is InChI=1S/C17H34N2O/c1-13(2)6-5-11-18-17(20)16-9-7-15(8-10-16)12-19-14(3)4/h13-16,19H,5-12H2,1-4H3,(H,18,20)/t15-,16+. The van der Waals surface area contributed by atoms with Crippen LogP contribution in [0.4, 0.5) is 0 Å². The molecule has 0 atom stereocenters. The van der Waals surface area contributed by atoms with Crippen LogP contribution in [0.5, 0.6) is 0 Å². The summed E-state index contributed by atoms with van der Waals surface area (Å²) < 4.78 is 0. The first-order valence-corrected chi connectivity index (χ1v) is 8.50. The fourth-order valence-electron chi connectivity index (χ4n) is 2.90. The van der Waals surface area contributed by atoms with Gasteiger partial charge in [0.15, 0.2) is 0 Å². The minimum Gasteiger partial charge on any atom is -0.356 e. The van der Waals surface area contributed by atoms with Gasteiger partial charge >= 0.3 is 0 Å². The highest BCUT2D eigenvalue weighted by Gasteiger charge is 2.25. The van der Waals surface area contributed by atoms with Crippen LogP contribution in [0.2, 0.25) is 0 Å². The average Bonchev–Trinajstić information content (AvgIpc) is 2.41. The van der Waals surface area contributed by atoms with E-state index in [1.807, 2.05) is 0 Å². The van der Waals surface area contributed by atoms with Crippen molar-refractivity contribution in [1.29, 1.82) is 0 Å². The number of nitrogens with one attached hydrogen (secondary N) is 2. The van der Waals surface area contributed by atoms with Crippen molar-refractivity contribution in [1.82, 2.24) is 10.6 Å². The summed E-state index contributed by atoms with van der Waals surface area (Å²) in [6.45, 7) is 10.8. The third kappa shape index (κ3) is 7.28. The molecule has 1 aliphatic carbocycles. The van der Waals surface area contributed by atoms with Gasteiger partial charge in [0.25, 0.3) is 0 Å². The lowest BCUT2D eigenvalue weighted by atomic mass is 9.81. The molecule has 1 aliphatic rings. The van der Waals surface area contributed by atoms with E-state index in [4.69, 9.17) is 0 Å². The molecule has 20 heavy (non-hydrogen) atoms. The van der Waals surface area contributed by atoms with Gasteiger partial charge in [-0.15, -0.1) is 0 Å². The molecule has 3 nitrogen and oxygen atoms in total. The van der Waals surface area contributed by atoms with Crippen LogP contribution in [0.1, 0.15) is 66.2 Å². The van der Waals surface area contributed by atoms with E-state index < -0.39 is 0 Å². The lowest BCUT2D eigenvalue weighted by Gasteiger charge is -2.28. The number of hydrogen-bond acceptors (Lipinski definition) is 2. The molecule has 0 radical (unpaired) electrons. The molecule has 1 amide bonds. The van der Waals surface area contributed by atoms with Gasteiger partial charge in [-0.05, 0) is 56.9 Å². The zero-order valence-electron chi connectivity index (χ0n) is 13.9. The van der Waals surface area contributed by atoms with Crippen molar-refractivity contribution in [2.45, 2.75) is 72.3 Å². The van der Waals surface area contributed by atoms with E-state index in [-0.39, 0.29) is 5.92 Å². The van der Waals surface area contributed by atoms with Crippen LogP contribution in [-0.4, -0.2) is 25.0 Å². The maximum absolute atomic E-state index is 12.1. The van der Waals surface area contributed by atoms with Crippen LogP contribution in [0.3, 0.4) is 0 Å². The number of rotatable bonds is 8. The smallest absolute Gasteiger partial charge is 0.223 e. The molecule has 0 heterocycles. The molecular weight excluding hydrogens is 248 g/mol. The van der Waals surface area contributed by atoms with E-state index in [1.54, 1.807) is 0 Å². The topological polar surface area (TPSA) is 41.1 Å². The summed E-state index contributed by atoms with van der Waals surface area (Å²) in [5.41, 5.74) is 0. The Kier molecular flexibility index (Phi) is 8.20. The predicted octanol–water partition coefficient (Wildman–Crippen LogP) is 3.34. The van der Waals surface area contributed by atoms with Gasteiger partial charge < -0.3 is 10.6 Å². The fraction of sp³-hybridized carbons (Fsp3) is 0.941. The van der Waals surface area contributed by atoms with Gasteiger partial charge in [0.2, 0.25) is 5.91 Å². The molecular formula is C17H34N2O. The summed E-state index contributed by atoms with van der Waals surface area (Å²) in [7, 11) is 0. The van der Waals surface area contributed by atoms with E-state index in [9.17, 15) is 4.79 Å². The quantitative estimate of drug-likeness (QED) is 0.670. The van der Waals surface area contributed by atoms with Gasteiger partial charge in [0.05, 0.1) is 0 Å². The second kappa shape index (κ2) is 9.38. The number of amides is 1. The van der Waals surface area contributed by atoms with Crippen molar-refractivity contribution in [2.75, 3.05) is 13.1 Å². The summed E-state index contributed by atoms with van der Waals surface area (Å²) >= 11 is 0.